The summed E-state index contributed by atoms with van der Waals surface area (Å²) in [6.45, 7) is 5.51. The Morgan fingerprint density at radius 3 is 2.92 bits per heavy atom. The molecule has 2 saturated heterocycles. The van der Waals surface area contributed by atoms with Gasteiger partial charge in [-0.3, -0.25) is 9.89 Å². The molecule has 24 heavy (non-hydrogen) atoms. The lowest BCUT2D eigenvalue weighted by atomic mass is 9.95. The van der Waals surface area contributed by atoms with Crippen molar-refractivity contribution in [3.05, 3.63) is 24.2 Å². The van der Waals surface area contributed by atoms with Crippen LogP contribution in [0.2, 0.25) is 0 Å². The van der Waals surface area contributed by atoms with Crippen LogP contribution in [0.5, 0.6) is 0 Å². The van der Waals surface area contributed by atoms with Crippen LogP contribution in [0.4, 0.5) is 0 Å². The van der Waals surface area contributed by atoms with E-state index in [9.17, 15) is 0 Å². The van der Waals surface area contributed by atoms with E-state index in [1.165, 1.54) is 17.9 Å². The number of aliphatic imine (C=N–C) groups is 1. The molecule has 2 aliphatic rings. The molecule has 0 amide bonds. The Kier molecular flexibility index (Phi) is 6.45. The Balaban J connectivity index is 1.49. The maximum atomic E-state index is 5.53. The summed E-state index contributed by atoms with van der Waals surface area (Å²) in [5.41, 5.74) is 0.229. The van der Waals surface area contributed by atoms with Gasteiger partial charge in [0.15, 0.2) is 5.96 Å². The number of nitrogens with one attached hydrogen (secondary N) is 2. The molecule has 2 N–H and O–H groups in total. The molecular weight excluding hydrogens is 324 g/mol. The number of furan rings is 1. The number of hydrogen-bond donors (Lipinski definition) is 2. The molecule has 3 heterocycles. The molecule has 0 saturated carbocycles. The third kappa shape index (κ3) is 4.46. The summed E-state index contributed by atoms with van der Waals surface area (Å²) < 4.78 is 10.9. The number of hydrogen-bond acceptors (Lipinski definition) is 5. The first kappa shape index (κ1) is 17.6. The lowest BCUT2D eigenvalue weighted by molar-refractivity contribution is -0.0120. The Bertz CT molecular complexity index is 509. The van der Waals surface area contributed by atoms with E-state index < -0.39 is 0 Å². The number of morpholine rings is 1. The third-order valence-electron chi connectivity index (χ3n) is 4.82. The van der Waals surface area contributed by atoms with Crippen molar-refractivity contribution >= 4 is 17.7 Å². The highest BCUT2D eigenvalue weighted by Gasteiger charge is 2.40. The van der Waals surface area contributed by atoms with Crippen molar-refractivity contribution in [2.24, 2.45) is 4.99 Å². The molecule has 2 fully saturated rings. The normalized spacial score (nSPS) is 25.8. The summed E-state index contributed by atoms with van der Waals surface area (Å²) in [6, 6.07) is 3.92. The Hall–Kier alpha value is -1.18. The fraction of sp³-hybridized carbons (Fsp3) is 0.706. The van der Waals surface area contributed by atoms with Crippen LogP contribution in [0.15, 0.2) is 27.8 Å². The summed E-state index contributed by atoms with van der Waals surface area (Å²) in [6.07, 6.45) is 3.80. The molecule has 0 radical (unpaired) electrons. The van der Waals surface area contributed by atoms with E-state index in [1.807, 2.05) is 19.2 Å². The highest BCUT2D eigenvalue weighted by Crippen LogP contribution is 2.33. The zero-order chi connectivity index (χ0) is 16.7. The average molecular weight is 353 g/mol. The molecule has 7 heteroatoms. The van der Waals surface area contributed by atoms with Gasteiger partial charge in [0.25, 0.3) is 0 Å². The number of rotatable bonds is 6. The van der Waals surface area contributed by atoms with E-state index in [1.54, 1.807) is 6.26 Å². The van der Waals surface area contributed by atoms with E-state index in [2.05, 4.69) is 32.3 Å². The summed E-state index contributed by atoms with van der Waals surface area (Å²) in [4.78, 5) is 6.97. The van der Waals surface area contributed by atoms with E-state index in [-0.39, 0.29) is 5.54 Å². The van der Waals surface area contributed by atoms with Crippen LogP contribution < -0.4 is 10.6 Å². The van der Waals surface area contributed by atoms with Gasteiger partial charge in [-0.1, -0.05) is 0 Å². The van der Waals surface area contributed by atoms with Gasteiger partial charge in [0.2, 0.25) is 0 Å². The molecule has 1 aromatic rings. The maximum Gasteiger partial charge on any atom is 0.191 e. The van der Waals surface area contributed by atoms with Crippen LogP contribution >= 0.6 is 11.8 Å². The minimum absolute atomic E-state index is 0.229. The highest BCUT2D eigenvalue weighted by molar-refractivity contribution is 7.99. The molecule has 1 atom stereocenters. The lowest BCUT2D eigenvalue weighted by Crippen LogP contribution is -2.60. The number of nitrogens with zero attached hydrogens (tertiary/aromatic N) is 2. The predicted molar refractivity (Wildman–Crippen MR) is 98.8 cm³/mol. The Morgan fingerprint density at radius 2 is 2.25 bits per heavy atom. The molecule has 134 valence electrons. The zero-order valence-electron chi connectivity index (χ0n) is 14.4. The third-order valence-corrected chi connectivity index (χ3v) is 6.05. The van der Waals surface area contributed by atoms with Crippen molar-refractivity contribution in [1.82, 2.24) is 15.5 Å². The van der Waals surface area contributed by atoms with Crippen molar-refractivity contribution in [2.75, 3.05) is 57.9 Å². The van der Waals surface area contributed by atoms with Crippen molar-refractivity contribution in [3.8, 4) is 0 Å². The van der Waals surface area contributed by atoms with Crippen molar-refractivity contribution in [2.45, 2.75) is 18.4 Å². The van der Waals surface area contributed by atoms with Crippen LogP contribution in [0.1, 0.15) is 12.2 Å². The largest absolute Gasteiger partial charge is 0.469 e. The quantitative estimate of drug-likeness (QED) is 0.592. The molecule has 0 aromatic carbocycles. The lowest BCUT2D eigenvalue weighted by Gasteiger charge is -2.43. The topological polar surface area (TPSA) is 62.0 Å². The molecule has 2 aliphatic heterocycles. The molecule has 0 bridgehead atoms. The maximum absolute atomic E-state index is 5.53. The fourth-order valence-electron chi connectivity index (χ4n) is 3.36. The van der Waals surface area contributed by atoms with E-state index >= 15 is 0 Å². The van der Waals surface area contributed by atoms with Gasteiger partial charge >= 0.3 is 0 Å². The highest BCUT2D eigenvalue weighted by atomic mass is 32.2. The standard InChI is InChI=1S/C17H28N4O2S/c1-18-16(19-6-4-15-3-2-9-23-15)20-13-17(5-12-24-14-17)21-7-10-22-11-8-21/h2-3,9H,4-8,10-14H2,1H3,(H2,18,19,20). The summed E-state index contributed by atoms with van der Waals surface area (Å²) in [7, 11) is 1.83. The summed E-state index contributed by atoms with van der Waals surface area (Å²) >= 11 is 2.05. The van der Waals surface area contributed by atoms with Gasteiger partial charge < -0.3 is 19.8 Å². The van der Waals surface area contributed by atoms with Gasteiger partial charge in [-0.2, -0.15) is 11.8 Å². The molecule has 1 aromatic heterocycles. The van der Waals surface area contributed by atoms with Crippen molar-refractivity contribution in [1.29, 1.82) is 0 Å². The number of thioether (sulfide) groups is 1. The first-order valence-electron chi connectivity index (χ1n) is 8.70. The van der Waals surface area contributed by atoms with Gasteiger partial charge in [0.1, 0.15) is 5.76 Å². The number of ether oxygens (including phenoxy) is 1. The first-order chi connectivity index (χ1) is 11.8. The van der Waals surface area contributed by atoms with Gasteiger partial charge in [0.05, 0.1) is 19.5 Å². The molecule has 6 nitrogen and oxygen atoms in total. The molecule has 3 rings (SSSR count). The Morgan fingerprint density at radius 1 is 1.38 bits per heavy atom. The van der Waals surface area contributed by atoms with E-state index in [0.29, 0.717) is 0 Å². The summed E-state index contributed by atoms with van der Waals surface area (Å²) in [5.74, 6) is 4.29. The molecular formula is C17H28N4O2S. The molecule has 1 unspecified atom stereocenters. The first-order valence-corrected chi connectivity index (χ1v) is 9.85. The number of guanidine groups is 1. The Labute approximate surface area is 148 Å². The smallest absolute Gasteiger partial charge is 0.191 e. The zero-order valence-corrected chi connectivity index (χ0v) is 15.2. The predicted octanol–water partition coefficient (Wildman–Crippen LogP) is 1.20. The van der Waals surface area contributed by atoms with Crippen LogP contribution in [0.3, 0.4) is 0 Å². The SMILES string of the molecule is CN=C(NCCc1ccco1)NCC1(N2CCOCC2)CCSC1. The minimum atomic E-state index is 0.229. The van der Waals surface area contributed by atoms with Gasteiger partial charge in [-0.25, -0.2) is 0 Å². The summed E-state index contributed by atoms with van der Waals surface area (Å²) in [5, 5.41) is 6.92. The molecule has 0 aliphatic carbocycles. The van der Waals surface area contributed by atoms with Gasteiger partial charge in [-0.15, -0.1) is 0 Å². The van der Waals surface area contributed by atoms with Gasteiger partial charge in [0, 0.05) is 50.9 Å². The van der Waals surface area contributed by atoms with Crippen LogP contribution in [0, 0.1) is 0 Å². The fourth-order valence-corrected chi connectivity index (χ4v) is 4.84. The monoisotopic (exact) mass is 352 g/mol. The molecule has 0 spiro atoms. The second-order valence-corrected chi connectivity index (χ2v) is 7.41. The van der Waals surface area contributed by atoms with Crippen LogP contribution in [-0.4, -0.2) is 74.3 Å². The van der Waals surface area contributed by atoms with E-state index in [4.69, 9.17) is 9.15 Å². The van der Waals surface area contributed by atoms with E-state index in [0.717, 1.165) is 57.5 Å². The van der Waals surface area contributed by atoms with Crippen LogP contribution in [-0.2, 0) is 11.2 Å². The van der Waals surface area contributed by atoms with Crippen molar-refractivity contribution in [3.63, 3.8) is 0 Å². The van der Waals surface area contributed by atoms with Gasteiger partial charge in [-0.05, 0) is 24.3 Å². The minimum Gasteiger partial charge on any atom is -0.469 e. The second-order valence-electron chi connectivity index (χ2n) is 6.31. The second kappa shape index (κ2) is 8.78. The van der Waals surface area contributed by atoms with Crippen molar-refractivity contribution < 1.29 is 9.15 Å². The van der Waals surface area contributed by atoms with Crippen LogP contribution in [0.25, 0.3) is 0 Å². The average Bonchev–Trinajstić information content (AvgIpc) is 3.31.